The first-order chi connectivity index (χ1) is 8.56. The molecule has 0 saturated heterocycles. The molecule has 0 aliphatic carbocycles. The molecule has 0 bridgehead atoms. The topological polar surface area (TPSA) is 101 Å². The number of H-pyrrole nitrogens is 1. The number of imidazole rings is 1. The summed E-state index contributed by atoms with van der Waals surface area (Å²) in [5, 5.41) is 2.44. The van der Waals surface area contributed by atoms with Gasteiger partial charge in [-0.1, -0.05) is 6.07 Å². The highest BCUT2D eigenvalue weighted by molar-refractivity contribution is 6.34. The minimum Gasteiger partial charge on any atom is -0.361 e. The first-order valence-electron chi connectivity index (χ1n) is 5.59. The van der Waals surface area contributed by atoms with Gasteiger partial charge in [-0.25, -0.2) is 4.98 Å². The van der Waals surface area contributed by atoms with E-state index < -0.39 is 11.8 Å². The van der Waals surface area contributed by atoms with Crippen LogP contribution in [0.5, 0.6) is 0 Å². The van der Waals surface area contributed by atoms with Crippen molar-refractivity contribution in [1.82, 2.24) is 15.3 Å². The molecule has 2 aromatic rings. The Kier molecular flexibility index (Phi) is 3.27. The smallest absolute Gasteiger partial charge is 0.309 e. The molecule has 0 radical (unpaired) electrons. The molecule has 1 aromatic heterocycles. The number of fused-ring (bicyclic) bond motifs is 1. The van der Waals surface area contributed by atoms with Gasteiger partial charge < -0.3 is 16.0 Å². The Bertz CT molecular complexity index is 603. The van der Waals surface area contributed by atoms with Crippen molar-refractivity contribution in [3.63, 3.8) is 0 Å². The number of nitrogens with one attached hydrogen (secondary N) is 2. The number of amides is 2. The third-order valence-electron chi connectivity index (χ3n) is 2.59. The van der Waals surface area contributed by atoms with Gasteiger partial charge in [0.15, 0.2) is 0 Å². The summed E-state index contributed by atoms with van der Waals surface area (Å²) in [4.78, 5) is 28.9. The Hall–Kier alpha value is -2.37. The van der Waals surface area contributed by atoms with Gasteiger partial charge in [0.25, 0.3) is 0 Å². The van der Waals surface area contributed by atoms with Gasteiger partial charge in [0.2, 0.25) is 0 Å². The molecule has 0 unspecified atom stereocenters. The summed E-state index contributed by atoms with van der Waals surface area (Å²) < 4.78 is 0. The number of primary amides is 1. The van der Waals surface area contributed by atoms with Gasteiger partial charge in [-0.3, -0.25) is 9.59 Å². The minimum atomic E-state index is -0.963. The van der Waals surface area contributed by atoms with Crippen LogP contribution in [0.15, 0.2) is 18.2 Å². The van der Waals surface area contributed by atoms with E-state index in [1.54, 1.807) is 0 Å². The monoisotopic (exact) mass is 246 g/mol. The minimum absolute atomic E-state index is 0.375. The average Bonchev–Trinajstić information content (AvgIpc) is 2.68. The van der Waals surface area contributed by atoms with Crippen LogP contribution in [0.3, 0.4) is 0 Å². The standard InChI is InChI=1S/C12H14N4O2/c1-7-15-9-3-2-8(6-10(9)16-7)4-5-14-12(18)11(13)17/h2-3,6H,4-5H2,1H3,(H2,13,17)(H,14,18)(H,15,16). The van der Waals surface area contributed by atoms with Crippen molar-refractivity contribution < 1.29 is 9.59 Å². The number of hydrogen-bond donors (Lipinski definition) is 3. The lowest BCUT2D eigenvalue weighted by Crippen LogP contribution is -2.37. The van der Waals surface area contributed by atoms with Crippen LogP contribution in [0.25, 0.3) is 11.0 Å². The first kappa shape index (κ1) is 12.1. The third kappa shape index (κ3) is 2.65. The highest BCUT2D eigenvalue weighted by atomic mass is 16.2. The summed E-state index contributed by atoms with van der Waals surface area (Å²) in [5.41, 5.74) is 7.76. The molecule has 1 aromatic carbocycles. The number of aryl methyl sites for hydroxylation is 1. The Morgan fingerprint density at radius 2 is 2.22 bits per heavy atom. The number of nitrogens with zero attached hydrogens (tertiary/aromatic N) is 1. The van der Waals surface area contributed by atoms with Gasteiger partial charge in [-0.2, -0.15) is 0 Å². The lowest BCUT2D eigenvalue weighted by Gasteiger charge is -2.02. The Labute approximate surface area is 104 Å². The van der Waals surface area contributed by atoms with E-state index in [2.05, 4.69) is 15.3 Å². The molecular weight excluding hydrogens is 232 g/mol. The molecule has 1 heterocycles. The Morgan fingerprint density at radius 1 is 1.44 bits per heavy atom. The number of carbonyl (C=O) groups excluding carboxylic acids is 2. The summed E-state index contributed by atoms with van der Waals surface area (Å²) >= 11 is 0. The SMILES string of the molecule is Cc1nc2ccc(CCNC(=O)C(N)=O)cc2[nH]1. The van der Waals surface area contributed by atoms with E-state index in [1.807, 2.05) is 25.1 Å². The normalized spacial score (nSPS) is 10.5. The average molecular weight is 246 g/mol. The molecule has 0 aliphatic rings. The molecule has 94 valence electrons. The fourth-order valence-electron chi connectivity index (χ4n) is 1.75. The fraction of sp³-hybridized carbons (Fsp3) is 0.250. The van der Waals surface area contributed by atoms with E-state index in [9.17, 15) is 9.59 Å². The van der Waals surface area contributed by atoms with Crippen molar-refractivity contribution in [1.29, 1.82) is 0 Å². The highest BCUT2D eigenvalue weighted by Gasteiger charge is 2.07. The quantitative estimate of drug-likeness (QED) is 0.665. The van der Waals surface area contributed by atoms with Gasteiger partial charge in [-0.15, -0.1) is 0 Å². The fourth-order valence-corrected chi connectivity index (χ4v) is 1.75. The van der Waals surface area contributed by atoms with Crippen LogP contribution >= 0.6 is 0 Å². The molecule has 0 fully saturated rings. The number of carbonyl (C=O) groups is 2. The lowest BCUT2D eigenvalue weighted by atomic mass is 10.1. The van der Waals surface area contributed by atoms with Crippen molar-refractivity contribution in [2.45, 2.75) is 13.3 Å². The first-order valence-corrected chi connectivity index (χ1v) is 5.59. The van der Waals surface area contributed by atoms with Crippen LogP contribution in [-0.4, -0.2) is 28.3 Å². The Balaban J connectivity index is 1.99. The molecule has 2 rings (SSSR count). The third-order valence-corrected chi connectivity index (χ3v) is 2.59. The number of benzene rings is 1. The summed E-state index contributed by atoms with van der Waals surface area (Å²) in [7, 11) is 0. The lowest BCUT2D eigenvalue weighted by molar-refractivity contribution is -0.137. The molecule has 6 nitrogen and oxygen atoms in total. The van der Waals surface area contributed by atoms with Crippen molar-refractivity contribution >= 4 is 22.8 Å². The van der Waals surface area contributed by atoms with E-state index >= 15 is 0 Å². The van der Waals surface area contributed by atoms with Crippen LogP contribution < -0.4 is 11.1 Å². The van der Waals surface area contributed by atoms with Gasteiger partial charge in [-0.05, 0) is 31.0 Å². The van der Waals surface area contributed by atoms with Gasteiger partial charge >= 0.3 is 11.8 Å². The van der Waals surface area contributed by atoms with Crippen molar-refractivity contribution in [2.24, 2.45) is 5.73 Å². The number of hydrogen-bond acceptors (Lipinski definition) is 3. The second kappa shape index (κ2) is 4.87. The zero-order valence-corrected chi connectivity index (χ0v) is 9.99. The van der Waals surface area contributed by atoms with E-state index in [-0.39, 0.29) is 0 Å². The molecule has 6 heteroatoms. The molecule has 0 saturated carbocycles. The maximum absolute atomic E-state index is 10.9. The molecule has 0 spiro atoms. The largest absolute Gasteiger partial charge is 0.361 e. The van der Waals surface area contributed by atoms with E-state index in [0.717, 1.165) is 22.4 Å². The second-order valence-corrected chi connectivity index (χ2v) is 4.04. The number of aromatic amines is 1. The van der Waals surface area contributed by atoms with Crippen molar-refractivity contribution in [2.75, 3.05) is 6.54 Å². The number of rotatable bonds is 3. The van der Waals surface area contributed by atoms with E-state index in [4.69, 9.17) is 5.73 Å². The van der Waals surface area contributed by atoms with Gasteiger partial charge in [0, 0.05) is 6.54 Å². The van der Waals surface area contributed by atoms with Crippen LogP contribution in [0.2, 0.25) is 0 Å². The zero-order valence-electron chi connectivity index (χ0n) is 9.99. The molecule has 18 heavy (non-hydrogen) atoms. The summed E-state index contributed by atoms with van der Waals surface area (Å²) in [5.74, 6) is -0.854. The predicted octanol–water partition coefficient (Wildman–Crippen LogP) is 0.0153. The molecular formula is C12H14N4O2. The van der Waals surface area contributed by atoms with E-state index in [1.165, 1.54) is 0 Å². The summed E-state index contributed by atoms with van der Waals surface area (Å²) in [6.45, 7) is 2.27. The van der Waals surface area contributed by atoms with Crippen LogP contribution in [-0.2, 0) is 16.0 Å². The second-order valence-electron chi connectivity index (χ2n) is 4.04. The van der Waals surface area contributed by atoms with E-state index in [0.29, 0.717) is 13.0 Å². The summed E-state index contributed by atoms with van der Waals surface area (Å²) in [6, 6.07) is 5.84. The molecule has 4 N–H and O–H groups in total. The van der Waals surface area contributed by atoms with Crippen LogP contribution in [0, 0.1) is 6.92 Å². The zero-order chi connectivity index (χ0) is 13.1. The summed E-state index contributed by atoms with van der Waals surface area (Å²) in [6.07, 6.45) is 0.632. The predicted molar refractivity (Wildman–Crippen MR) is 66.7 cm³/mol. The maximum atomic E-state index is 10.9. The molecule has 2 amide bonds. The highest BCUT2D eigenvalue weighted by Crippen LogP contribution is 2.13. The maximum Gasteiger partial charge on any atom is 0.309 e. The molecule has 0 aliphatic heterocycles. The number of aromatic nitrogens is 2. The van der Waals surface area contributed by atoms with Gasteiger partial charge in [0.05, 0.1) is 11.0 Å². The van der Waals surface area contributed by atoms with Crippen LogP contribution in [0.1, 0.15) is 11.4 Å². The van der Waals surface area contributed by atoms with Crippen molar-refractivity contribution in [3.05, 3.63) is 29.6 Å². The van der Waals surface area contributed by atoms with Crippen molar-refractivity contribution in [3.8, 4) is 0 Å². The Morgan fingerprint density at radius 3 is 2.94 bits per heavy atom. The van der Waals surface area contributed by atoms with Gasteiger partial charge in [0.1, 0.15) is 5.82 Å². The van der Waals surface area contributed by atoms with Crippen LogP contribution in [0.4, 0.5) is 0 Å². The number of nitrogens with two attached hydrogens (primary N) is 1. The molecule has 0 atom stereocenters.